The molecule has 0 aliphatic carbocycles. The molecule has 0 saturated heterocycles. The zero-order valence-corrected chi connectivity index (χ0v) is 26.1. The van der Waals surface area contributed by atoms with E-state index >= 15 is 0 Å². The lowest BCUT2D eigenvalue weighted by molar-refractivity contribution is -0.157. The van der Waals surface area contributed by atoms with Gasteiger partial charge in [0.15, 0.2) is 11.6 Å². The van der Waals surface area contributed by atoms with Crippen LogP contribution in [0.1, 0.15) is 59.1 Å². The van der Waals surface area contributed by atoms with Crippen LogP contribution in [0.5, 0.6) is 0 Å². The van der Waals surface area contributed by atoms with Gasteiger partial charge in [-0.3, -0.25) is 14.4 Å². The van der Waals surface area contributed by atoms with E-state index in [0.717, 1.165) is 11.1 Å². The number of rotatable bonds is 13. The number of carbonyl (C=O) groups is 4. The van der Waals surface area contributed by atoms with Gasteiger partial charge in [-0.1, -0.05) is 60.7 Å². The summed E-state index contributed by atoms with van der Waals surface area (Å²) in [6.07, 6.45) is 1.22. The first kappa shape index (κ1) is 36.2. The Morgan fingerprint density at radius 3 is 1.57 bits per heavy atom. The third-order valence-electron chi connectivity index (χ3n) is 4.79. The normalized spacial score (nSPS) is 11.6. The molecule has 0 fully saturated rings. The fourth-order valence-electron chi connectivity index (χ4n) is 3.19. The highest BCUT2D eigenvalue weighted by molar-refractivity contribution is 6.17. The minimum Gasteiger partial charge on any atom is -0.460 e. The van der Waals surface area contributed by atoms with E-state index in [9.17, 15) is 19.2 Å². The zero-order chi connectivity index (χ0) is 31.8. The zero-order valence-electron chi connectivity index (χ0n) is 26.1. The van der Waals surface area contributed by atoms with Crippen LogP contribution in [0.3, 0.4) is 0 Å². The van der Waals surface area contributed by atoms with Crippen molar-refractivity contribution in [3.05, 3.63) is 83.6 Å². The summed E-state index contributed by atoms with van der Waals surface area (Å²) in [6.45, 7) is 11.0. The molecule has 0 radical (unpaired) electrons. The van der Waals surface area contributed by atoms with E-state index in [-0.39, 0.29) is 31.0 Å². The van der Waals surface area contributed by atoms with Gasteiger partial charge in [-0.25, -0.2) is 4.79 Å². The quantitative estimate of drug-likeness (QED) is 0.138. The maximum absolute atomic E-state index is 12.3. The van der Waals surface area contributed by atoms with Crippen molar-refractivity contribution < 1.29 is 38.1 Å². The van der Waals surface area contributed by atoms with Crippen LogP contribution in [-0.2, 0) is 51.3 Å². The monoisotopic (exact) mass is 583 g/mol. The van der Waals surface area contributed by atoms with E-state index in [1.165, 1.54) is 6.20 Å². The van der Waals surface area contributed by atoms with Crippen LogP contribution in [0.15, 0.2) is 72.4 Å². The molecular formula is C33H45NO8. The van der Waals surface area contributed by atoms with E-state index in [0.29, 0.717) is 13.2 Å². The van der Waals surface area contributed by atoms with Crippen LogP contribution in [0, 0.1) is 0 Å². The van der Waals surface area contributed by atoms with Crippen molar-refractivity contribution in [2.45, 2.75) is 72.4 Å². The van der Waals surface area contributed by atoms with Gasteiger partial charge in [0.25, 0.3) is 0 Å². The van der Waals surface area contributed by atoms with Gasteiger partial charge < -0.3 is 23.8 Å². The molecule has 0 unspecified atom stereocenters. The minimum absolute atomic E-state index is 0.0158. The summed E-state index contributed by atoms with van der Waals surface area (Å²) >= 11 is 0. The molecule has 9 heteroatoms. The summed E-state index contributed by atoms with van der Waals surface area (Å²) < 4.78 is 21.0. The largest absolute Gasteiger partial charge is 0.460 e. The lowest BCUT2D eigenvalue weighted by Gasteiger charge is -2.21. The van der Waals surface area contributed by atoms with Crippen LogP contribution >= 0.6 is 0 Å². The summed E-state index contributed by atoms with van der Waals surface area (Å²) in [7, 11) is 3.48. The SMILES string of the molecule is CC(C)(C)OC(=O)CC(=O)COCc1ccccc1.CN(C)/C=C(\C(=O)COCc1ccccc1)C(=O)OC(C)(C)C. The number of hydrogen-bond donors (Lipinski definition) is 0. The number of carbonyl (C=O) groups excluding carboxylic acids is 4. The smallest absolute Gasteiger partial charge is 0.343 e. The summed E-state index contributed by atoms with van der Waals surface area (Å²) in [5.74, 6) is -1.82. The molecule has 0 heterocycles. The van der Waals surface area contributed by atoms with Gasteiger partial charge in [0.05, 0.1) is 13.2 Å². The number of ketones is 2. The number of nitrogens with zero attached hydrogens (tertiary/aromatic N) is 1. The summed E-state index contributed by atoms with van der Waals surface area (Å²) in [4.78, 5) is 49.0. The molecule has 42 heavy (non-hydrogen) atoms. The second-order valence-corrected chi connectivity index (χ2v) is 11.7. The first-order valence-corrected chi connectivity index (χ1v) is 13.7. The van der Waals surface area contributed by atoms with Gasteiger partial charge in [0, 0.05) is 20.3 Å². The topological polar surface area (TPSA) is 108 Å². The minimum atomic E-state index is -0.659. The molecule has 0 N–H and O–H groups in total. The molecule has 0 aliphatic rings. The molecule has 0 aromatic heterocycles. The summed E-state index contributed by atoms with van der Waals surface area (Å²) in [5, 5.41) is 0. The second kappa shape index (κ2) is 17.9. The van der Waals surface area contributed by atoms with Crippen molar-refractivity contribution >= 4 is 23.5 Å². The molecule has 2 rings (SSSR count). The Morgan fingerprint density at radius 2 is 1.14 bits per heavy atom. The fourth-order valence-corrected chi connectivity index (χ4v) is 3.19. The first-order valence-electron chi connectivity index (χ1n) is 13.7. The molecule has 2 aromatic carbocycles. The van der Waals surface area contributed by atoms with Crippen molar-refractivity contribution in [3.8, 4) is 0 Å². The number of Topliss-reactive ketones (excluding diaryl/α,β-unsaturated/α-hetero) is 2. The van der Waals surface area contributed by atoms with Crippen molar-refractivity contribution in [1.82, 2.24) is 4.90 Å². The molecule has 230 valence electrons. The van der Waals surface area contributed by atoms with Gasteiger partial charge in [-0.05, 0) is 52.7 Å². The van der Waals surface area contributed by atoms with Crippen LogP contribution in [0.2, 0.25) is 0 Å². The van der Waals surface area contributed by atoms with E-state index in [1.807, 2.05) is 60.7 Å². The number of hydrogen-bond acceptors (Lipinski definition) is 9. The van der Waals surface area contributed by atoms with E-state index < -0.39 is 28.9 Å². The lowest BCUT2D eigenvalue weighted by atomic mass is 10.1. The standard InChI is InChI=1S/C18H25NO4.C15H20O4/c1-18(2,3)23-17(21)15(11-19(4)5)16(20)13-22-12-14-9-7-6-8-10-14;1-15(2,3)19-14(17)9-13(16)11-18-10-12-7-5-4-6-8-12/h6-11H,12-13H2,1-5H3;4-8H,9-11H2,1-3H3/b15-11+;. The first-order chi connectivity index (χ1) is 19.6. The highest BCUT2D eigenvalue weighted by atomic mass is 16.6. The third kappa shape index (κ3) is 17.8. The maximum atomic E-state index is 12.3. The number of benzene rings is 2. The Balaban J connectivity index is 0.000000428. The predicted molar refractivity (Wildman–Crippen MR) is 160 cm³/mol. The average Bonchev–Trinajstić information content (AvgIpc) is 2.86. The van der Waals surface area contributed by atoms with Gasteiger partial charge in [0.2, 0.25) is 0 Å². The molecule has 2 aromatic rings. The van der Waals surface area contributed by atoms with Crippen molar-refractivity contribution in [1.29, 1.82) is 0 Å². The van der Waals surface area contributed by atoms with E-state index in [2.05, 4.69) is 0 Å². The lowest BCUT2D eigenvalue weighted by Crippen LogP contribution is -2.29. The predicted octanol–water partition coefficient (Wildman–Crippen LogP) is 5.06. The Labute approximate surface area is 249 Å². The molecule has 9 nitrogen and oxygen atoms in total. The van der Waals surface area contributed by atoms with Gasteiger partial charge in [-0.15, -0.1) is 0 Å². The molecule has 0 saturated carbocycles. The second-order valence-electron chi connectivity index (χ2n) is 11.7. The van der Waals surface area contributed by atoms with E-state index in [4.69, 9.17) is 18.9 Å². The third-order valence-corrected chi connectivity index (χ3v) is 4.79. The molecule has 0 atom stereocenters. The van der Waals surface area contributed by atoms with Crippen LogP contribution < -0.4 is 0 Å². The highest BCUT2D eigenvalue weighted by Crippen LogP contribution is 2.13. The van der Waals surface area contributed by atoms with Crippen LogP contribution in [0.4, 0.5) is 0 Å². The molecular weight excluding hydrogens is 538 g/mol. The van der Waals surface area contributed by atoms with Crippen molar-refractivity contribution in [3.63, 3.8) is 0 Å². The maximum Gasteiger partial charge on any atom is 0.343 e. The summed E-state index contributed by atoms with van der Waals surface area (Å²) in [6, 6.07) is 19.1. The molecule has 0 spiro atoms. The van der Waals surface area contributed by atoms with Crippen LogP contribution in [0.25, 0.3) is 0 Å². The number of ether oxygens (including phenoxy) is 4. The molecule has 0 aliphatic heterocycles. The van der Waals surface area contributed by atoms with Gasteiger partial charge in [0.1, 0.15) is 36.4 Å². The fraction of sp³-hybridized carbons (Fsp3) is 0.455. The molecule has 0 bridgehead atoms. The summed E-state index contributed by atoms with van der Waals surface area (Å²) in [5.41, 5.74) is 0.719. The Bertz CT molecular complexity index is 1160. The van der Waals surface area contributed by atoms with Gasteiger partial charge >= 0.3 is 11.9 Å². The number of esters is 2. The average molecular weight is 584 g/mol. The Kier molecular flexibility index (Phi) is 15.4. The molecule has 0 amide bonds. The Morgan fingerprint density at radius 1 is 0.690 bits per heavy atom. The Hall–Kier alpha value is -3.82. The van der Waals surface area contributed by atoms with Gasteiger partial charge in [-0.2, -0.15) is 0 Å². The van der Waals surface area contributed by atoms with Crippen molar-refractivity contribution in [2.24, 2.45) is 0 Å². The highest BCUT2D eigenvalue weighted by Gasteiger charge is 2.25. The van der Waals surface area contributed by atoms with Crippen molar-refractivity contribution in [2.75, 3.05) is 27.3 Å². The van der Waals surface area contributed by atoms with Crippen LogP contribution in [-0.4, -0.2) is 66.9 Å². The van der Waals surface area contributed by atoms with E-state index in [1.54, 1.807) is 60.5 Å².